The molecular formula is C18H20N2O3S. The van der Waals surface area contributed by atoms with Crippen molar-refractivity contribution in [3.05, 3.63) is 69.8 Å². The average molecular weight is 344 g/mol. The molecule has 6 heteroatoms. The quantitative estimate of drug-likeness (QED) is 0.467. The van der Waals surface area contributed by atoms with Crippen molar-refractivity contribution in [2.24, 2.45) is 0 Å². The Morgan fingerprint density at radius 2 is 1.96 bits per heavy atom. The van der Waals surface area contributed by atoms with E-state index in [1.54, 1.807) is 12.1 Å². The zero-order valence-corrected chi connectivity index (χ0v) is 14.5. The number of nitro benzene ring substituents is 1. The van der Waals surface area contributed by atoms with Gasteiger partial charge in [-0.25, -0.2) is 0 Å². The highest BCUT2D eigenvalue weighted by molar-refractivity contribution is 7.98. The molecule has 0 heterocycles. The fourth-order valence-electron chi connectivity index (χ4n) is 2.38. The molecule has 1 unspecified atom stereocenters. The molecule has 0 aliphatic rings. The molecule has 0 radical (unpaired) electrons. The summed E-state index contributed by atoms with van der Waals surface area (Å²) in [4.78, 5) is 23.9. The number of nitrogens with one attached hydrogen (secondary N) is 1. The van der Waals surface area contributed by atoms with Crippen LogP contribution in [0.4, 0.5) is 5.69 Å². The van der Waals surface area contributed by atoms with E-state index in [9.17, 15) is 14.9 Å². The van der Waals surface area contributed by atoms with Crippen molar-refractivity contribution in [2.75, 3.05) is 6.26 Å². The number of aryl methyl sites for hydroxylation is 1. The summed E-state index contributed by atoms with van der Waals surface area (Å²) >= 11 is 1.44. The Kier molecular flexibility index (Phi) is 6.37. The molecule has 0 aliphatic carbocycles. The largest absolute Gasteiger partial charge is 0.349 e. The number of carbonyl (C=O) groups excluding carboxylic acids is 1. The van der Waals surface area contributed by atoms with Crippen LogP contribution >= 0.6 is 11.8 Å². The lowest BCUT2D eigenvalue weighted by atomic mass is 10.1. The molecule has 0 fully saturated rings. The molecule has 0 saturated carbocycles. The summed E-state index contributed by atoms with van der Waals surface area (Å²) in [5.74, 6) is -0.404. The molecule has 0 saturated heterocycles. The maximum Gasteiger partial charge on any atom is 0.282 e. The van der Waals surface area contributed by atoms with Gasteiger partial charge in [0.25, 0.3) is 11.6 Å². The van der Waals surface area contributed by atoms with Gasteiger partial charge in [-0.3, -0.25) is 14.9 Å². The smallest absolute Gasteiger partial charge is 0.282 e. The first kappa shape index (κ1) is 18.0. The van der Waals surface area contributed by atoms with Crippen LogP contribution in [0.2, 0.25) is 0 Å². The van der Waals surface area contributed by atoms with Gasteiger partial charge in [0.1, 0.15) is 5.56 Å². The summed E-state index contributed by atoms with van der Waals surface area (Å²) in [7, 11) is 0. The number of hydrogen-bond donors (Lipinski definition) is 1. The summed E-state index contributed by atoms with van der Waals surface area (Å²) in [5.41, 5.74) is 1.15. The number of hydrogen-bond acceptors (Lipinski definition) is 4. The minimum absolute atomic E-state index is 0.0738. The van der Waals surface area contributed by atoms with Crippen molar-refractivity contribution in [1.82, 2.24) is 5.32 Å². The predicted molar refractivity (Wildman–Crippen MR) is 96.6 cm³/mol. The summed E-state index contributed by atoms with van der Waals surface area (Å²) < 4.78 is 0. The zero-order valence-electron chi connectivity index (χ0n) is 13.7. The van der Waals surface area contributed by atoms with Crippen molar-refractivity contribution in [2.45, 2.75) is 30.7 Å². The lowest BCUT2D eigenvalue weighted by Gasteiger charge is -2.14. The van der Waals surface area contributed by atoms with Crippen molar-refractivity contribution >= 4 is 23.4 Å². The van der Waals surface area contributed by atoms with Gasteiger partial charge in [-0.15, -0.1) is 11.8 Å². The van der Waals surface area contributed by atoms with E-state index >= 15 is 0 Å². The minimum Gasteiger partial charge on any atom is -0.349 e. The van der Waals surface area contributed by atoms with Gasteiger partial charge in [-0.2, -0.15) is 0 Å². The first-order valence-corrected chi connectivity index (χ1v) is 8.91. The third-order valence-corrected chi connectivity index (χ3v) is 4.46. The van der Waals surface area contributed by atoms with Gasteiger partial charge < -0.3 is 5.32 Å². The van der Waals surface area contributed by atoms with E-state index in [-0.39, 0.29) is 17.3 Å². The monoisotopic (exact) mass is 344 g/mol. The molecule has 0 aromatic heterocycles. The normalized spacial score (nSPS) is 11.8. The second-order valence-corrected chi connectivity index (χ2v) is 6.42. The van der Waals surface area contributed by atoms with Gasteiger partial charge in [0, 0.05) is 17.0 Å². The van der Waals surface area contributed by atoms with Crippen molar-refractivity contribution in [3.8, 4) is 0 Å². The topological polar surface area (TPSA) is 72.2 Å². The molecule has 1 atom stereocenters. The van der Waals surface area contributed by atoms with Gasteiger partial charge in [0.05, 0.1) is 4.92 Å². The van der Waals surface area contributed by atoms with E-state index in [4.69, 9.17) is 0 Å². The number of amides is 1. The van der Waals surface area contributed by atoms with E-state index < -0.39 is 10.8 Å². The summed E-state index contributed by atoms with van der Waals surface area (Å²) in [6.45, 7) is 1.91. The van der Waals surface area contributed by atoms with Crippen molar-refractivity contribution in [1.29, 1.82) is 0 Å². The van der Waals surface area contributed by atoms with E-state index in [0.29, 0.717) is 0 Å². The molecule has 2 rings (SSSR count). The Bertz CT molecular complexity index is 719. The molecule has 2 aromatic rings. The Hall–Kier alpha value is -2.34. The standard InChI is InChI=1S/C18H20N2O3S/c1-13(8-9-14-6-4-3-5-7-14)19-18(21)16-12-15(24-2)10-11-17(16)20(22)23/h3-7,10-13H,8-9H2,1-2H3,(H,19,21). The third kappa shape index (κ3) is 4.83. The SMILES string of the molecule is CSc1ccc([N+](=O)[O-])c(C(=O)NC(C)CCc2ccccc2)c1. The van der Waals surface area contributed by atoms with E-state index in [2.05, 4.69) is 5.32 Å². The molecule has 0 bridgehead atoms. The van der Waals surface area contributed by atoms with Crippen molar-refractivity contribution in [3.63, 3.8) is 0 Å². The molecule has 2 aromatic carbocycles. The second kappa shape index (κ2) is 8.49. The van der Waals surface area contributed by atoms with Crippen LogP contribution < -0.4 is 5.32 Å². The first-order valence-electron chi connectivity index (χ1n) is 7.68. The molecule has 126 valence electrons. The first-order chi connectivity index (χ1) is 11.5. The second-order valence-electron chi connectivity index (χ2n) is 5.54. The van der Waals surface area contributed by atoms with Gasteiger partial charge in [-0.1, -0.05) is 30.3 Å². The van der Waals surface area contributed by atoms with E-state index in [0.717, 1.165) is 17.7 Å². The van der Waals surface area contributed by atoms with Gasteiger partial charge in [-0.05, 0) is 43.7 Å². The highest BCUT2D eigenvalue weighted by Gasteiger charge is 2.21. The molecule has 1 amide bonds. The Balaban J connectivity index is 2.04. The fourth-order valence-corrected chi connectivity index (χ4v) is 2.82. The van der Waals surface area contributed by atoms with Crippen LogP contribution in [0, 0.1) is 10.1 Å². The third-order valence-electron chi connectivity index (χ3n) is 3.73. The summed E-state index contributed by atoms with van der Waals surface area (Å²) in [6, 6.07) is 14.5. The Morgan fingerprint density at radius 3 is 2.58 bits per heavy atom. The predicted octanol–water partition coefficient (Wildman–Crippen LogP) is 4.07. The van der Waals surface area contributed by atoms with Crippen LogP contribution in [-0.2, 0) is 6.42 Å². The zero-order chi connectivity index (χ0) is 17.5. The number of benzene rings is 2. The molecule has 1 N–H and O–H groups in total. The van der Waals surface area contributed by atoms with Crippen LogP contribution in [0.1, 0.15) is 29.3 Å². The fraction of sp³-hybridized carbons (Fsp3) is 0.278. The van der Waals surface area contributed by atoms with Crippen LogP contribution in [0.3, 0.4) is 0 Å². The van der Waals surface area contributed by atoms with E-state index in [1.807, 2.05) is 43.5 Å². The molecule has 5 nitrogen and oxygen atoms in total. The molecular weight excluding hydrogens is 324 g/mol. The van der Waals surface area contributed by atoms with Crippen LogP contribution in [0.15, 0.2) is 53.4 Å². The van der Waals surface area contributed by atoms with Gasteiger partial charge in [0.2, 0.25) is 0 Å². The lowest BCUT2D eigenvalue weighted by molar-refractivity contribution is -0.385. The number of thioether (sulfide) groups is 1. The van der Waals surface area contributed by atoms with Crippen LogP contribution in [-0.4, -0.2) is 23.1 Å². The molecule has 0 aliphatic heterocycles. The number of nitro groups is 1. The highest BCUT2D eigenvalue weighted by atomic mass is 32.2. The molecule has 0 spiro atoms. The Labute approximate surface area is 145 Å². The van der Waals surface area contributed by atoms with E-state index in [1.165, 1.54) is 23.4 Å². The number of rotatable bonds is 7. The van der Waals surface area contributed by atoms with Gasteiger partial charge in [0.15, 0.2) is 0 Å². The minimum atomic E-state index is -0.520. The van der Waals surface area contributed by atoms with Gasteiger partial charge >= 0.3 is 0 Å². The maximum atomic E-state index is 12.4. The lowest BCUT2D eigenvalue weighted by Crippen LogP contribution is -2.33. The number of nitrogens with zero attached hydrogens (tertiary/aromatic N) is 1. The molecule has 24 heavy (non-hydrogen) atoms. The Morgan fingerprint density at radius 1 is 1.25 bits per heavy atom. The maximum absolute atomic E-state index is 12.4. The highest BCUT2D eigenvalue weighted by Crippen LogP contribution is 2.24. The average Bonchev–Trinajstić information content (AvgIpc) is 2.60. The van der Waals surface area contributed by atoms with Crippen molar-refractivity contribution < 1.29 is 9.72 Å². The van der Waals surface area contributed by atoms with Crippen LogP contribution in [0.25, 0.3) is 0 Å². The van der Waals surface area contributed by atoms with Crippen LogP contribution in [0.5, 0.6) is 0 Å². The summed E-state index contributed by atoms with van der Waals surface area (Å²) in [5, 5.41) is 14.0. The number of carbonyl (C=O) groups is 1. The summed E-state index contributed by atoms with van der Waals surface area (Å²) in [6.07, 6.45) is 3.48.